The van der Waals surface area contributed by atoms with Gasteiger partial charge < -0.3 is 14.2 Å². The Morgan fingerprint density at radius 2 is 1.63 bits per heavy atom. The molecule has 0 radical (unpaired) electrons. The van der Waals surface area contributed by atoms with Gasteiger partial charge in [0.15, 0.2) is 0 Å². The van der Waals surface area contributed by atoms with Crippen LogP contribution in [0, 0.1) is 0 Å². The van der Waals surface area contributed by atoms with Crippen LogP contribution in [0.15, 0.2) is 0 Å². The third-order valence-electron chi connectivity index (χ3n) is 3.37. The number of hydrogen-bond donors (Lipinski definition) is 0. The Labute approximate surface area is 176 Å². The molecule has 1 saturated heterocycles. The lowest BCUT2D eigenvalue weighted by Crippen LogP contribution is -2.60. The van der Waals surface area contributed by atoms with E-state index in [-0.39, 0.29) is 6.73 Å². The van der Waals surface area contributed by atoms with E-state index in [4.69, 9.17) is 49.0 Å². The number of hydrogen-bond acceptors (Lipinski definition) is 6. The average molecular weight is 448 g/mol. The van der Waals surface area contributed by atoms with Gasteiger partial charge in [-0.3, -0.25) is 0 Å². The van der Waals surface area contributed by atoms with Crippen LogP contribution in [-0.4, -0.2) is 63.0 Å². The molecule has 1 heterocycles. The summed E-state index contributed by atoms with van der Waals surface area (Å²) in [6.07, 6.45) is 0.417. The summed E-state index contributed by atoms with van der Waals surface area (Å²) in [5.74, 6) is -0.660. The molecular formula is C17H29Cl3N2O5. The smallest absolute Gasteiger partial charge is 0.425 e. The number of esters is 1. The van der Waals surface area contributed by atoms with Crippen molar-refractivity contribution >= 4 is 46.9 Å². The third-order valence-corrected chi connectivity index (χ3v) is 3.70. The van der Waals surface area contributed by atoms with Gasteiger partial charge in [0, 0.05) is 6.54 Å². The van der Waals surface area contributed by atoms with Gasteiger partial charge in [0.1, 0.15) is 25.0 Å². The van der Waals surface area contributed by atoms with E-state index in [1.54, 1.807) is 25.8 Å². The number of carbonyl (C=O) groups is 2. The van der Waals surface area contributed by atoms with Gasteiger partial charge in [-0.05, 0) is 54.4 Å². The lowest BCUT2D eigenvalue weighted by molar-refractivity contribution is -0.184. The Morgan fingerprint density at radius 1 is 1.04 bits per heavy atom. The van der Waals surface area contributed by atoms with Gasteiger partial charge in [-0.2, -0.15) is 5.01 Å². The summed E-state index contributed by atoms with van der Waals surface area (Å²) >= 11 is 16.9. The number of amides is 1. The van der Waals surface area contributed by atoms with Crippen molar-refractivity contribution in [1.29, 1.82) is 0 Å². The Morgan fingerprint density at radius 3 is 2.11 bits per heavy atom. The van der Waals surface area contributed by atoms with Gasteiger partial charge in [0.25, 0.3) is 0 Å². The van der Waals surface area contributed by atoms with Crippen LogP contribution < -0.4 is 0 Å². The second-order valence-corrected chi connectivity index (χ2v) is 10.8. The first-order valence-corrected chi connectivity index (χ1v) is 9.87. The van der Waals surface area contributed by atoms with Crippen molar-refractivity contribution in [1.82, 2.24) is 10.0 Å². The number of hydrazine groups is 1. The molecule has 0 bridgehead atoms. The number of halogens is 3. The zero-order valence-corrected chi connectivity index (χ0v) is 19.0. The quantitative estimate of drug-likeness (QED) is 0.473. The standard InChI is InChI=1S/C17H29Cl3N2O5/c1-15(2,3)26-11-21-9-7-8-12(13(23)25-10-17(18,19)20)22(21)14(24)27-16(4,5)6/h12H,7-11H2,1-6H3/t12-/m0/s1. The number of ether oxygens (including phenoxy) is 3. The molecule has 158 valence electrons. The lowest BCUT2D eigenvalue weighted by Gasteiger charge is -2.43. The van der Waals surface area contributed by atoms with E-state index < -0.39 is 39.7 Å². The normalized spacial score (nSPS) is 19.7. The first-order chi connectivity index (χ1) is 12.1. The van der Waals surface area contributed by atoms with Gasteiger partial charge in [-0.1, -0.05) is 34.8 Å². The van der Waals surface area contributed by atoms with E-state index in [1.165, 1.54) is 5.01 Å². The van der Waals surface area contributed by atoms with Crippen molar-refractivity contribution in [3.05, 3.63) is 0 Å². The molecule has 1 atom stereocenters. The number of nitrogens with zero attached hydrogens (tertiary/aromatic N) is 2. The predicted octanol–water partition coefficient (Wildman–Crippen LogP) is 4.29. The molecule has 1 aliphatic heterocycles. The summed E-state index contributed by atoms with van der Waals surface area (Å²) in [4.78, 5) is 25.3. The van der Waals surface area contributed by atoms with Crippen molar-refractivity contribution in [2.75, 3.05) is 19.9 Å². The molecule has 7 nitrogen and oxygen atoms in total. The van der Waals surface area contributed by atoms with Crippen LogP contribution >= 0.6 is 34.8 Å². The first-order valence-electron chi connectivity index (χ1n) is 8.73. The van der Waals surface area contributed by atoms with Crippen molar-refractivity contribution in [2.45, 2.75) is 75.4 Å². The van der Waals surface area contributed by atoms with E-state index in [0.29, 0.717) is 19.4 Å². The van der Waals surface area contributed by atoms with E-state index in [0.717, 1.165) is 0 Å². The minimum atomic E-state index is -1.73. The molecule has 1 fully saturated rings. The van der Waals surface area contributed by atoms with E-state index in [9.17, 15) is 9.59 Å². The maximum absolute atomic E-state index is 12.8. The molecule has 0 aromatic carbocycles. The van der Waals surface area contributed by atoms with E-state index >= 15 is 0 Å². The Hall–Kier alpha value is -0.470. The number of rotatable bonds is 4. The van der Waals surface area contributed by atoms with Crippen LogP contribution in [0.4, 0.5) is 4.79 Å². The minimum absolute atomic E-state index is 0.122. The van der Waals surface area contributed by atoms with E-state index in [1.807, 2.05) is 20.8 Å². The highest BCUT2D eigenvalue weighted by molar-refractivity contribution is 6.67. The molecule has 27 heavy (non-hydrogen) atoms. The number of carbonyl (C=O) groups excluding carboxylic acids is 2. The van der Waals surface area contributed by atoms with Crippen molar-refractivity contribution < 1.29 is 23.8 Å². The Balaban J connectivity index is 2.99. The predicted molar refractivity (Wildman–Crippen MR) is 105 cm³/mol. The molecule has 1 amide bonds. The van der Waals surface area contributed by atoms with Crippen LogP contribution in [0.5, 0.6) is 0 Å². The highest BCUT2D eigenvalue weighted by Crippen LogP contribution is 2.28. The fourth-order valence-corrected chi connectivity index (χ4v) is 2.47. The second kappa shape index (κ2) is 9.35. The third kappa shape index (κ3) is 9.52. The molecule has 0 unspecified atom stereocenters. The highest BCUT2D eigenvalue weighted by atomic mass is 35.6. The Bertz CT molecular complexity index is 526. The monoisotopic (exact) mass is 446 g/mol. The molecule has 0 spiro atoms. The van der Waals surface area contributed by atoms with Gasteiger partial charge in [0.2, 0.25) is 3.79 Å². The van der Waals surface area contributed by atoms with E-state index in [2.05, 4.69) is 0 Å². The molecular weight excluding hydrogens is 419 g/mol. The maximum Gasteiger partial charge on any atom is 0.425 e. The first kappa shape index (κ1) is 24.6. The average Bonchev–Trinajstić information content (AvgIpc) is 2.47. The maximum atomic E-state index is 12.8. The van der Waals surface area contributed by atoms with Crippen LogP contribution in [0.3, 0.4) is 0 Å². The summed E-state index contributed by atoms with van der Waals surface area (Å²) in [6.45, 7) is 11.2. The molecule has 1 rings (SSSR count). The lowest BCUT2D eigenvalue weighted by atomic mass is 10.1. The molecule has 0 aromatic rings. The molecule has 0 N–H and O–H groups in total. The summed E-state index contributed by atoms with van der Waals surface area (Å²) in [5, 5.41) is 2.89. The van der Waals surface area contributed by atoms with Crippen LogP contribution in [0.2, 0.25) is 0 Å². The minimum Gasteiger partial charge on any atom is -0.460 e. The van der Waals surface area contributed by atoms with Crippen LogP contribution in [0.25, 0.3) is 0 Å². The van der Waals surface area contributed by atoms with Crippen LogP contribution in [-0.2, 0) is 19.0 Å². The summed E-state index contributed by atoms with van der Waals surface area (Å²) in [6, 6.07) is -0.885. The summed E-state index contributed by atoms with van der Waals surface area (Å²) in [5.41, 5.74) is -1.14. The highest BCUT2D eigenvalue weighted by Gasteiger charge is 2.41. The summed E-state index contributed by atoms with van der Waals surface area (Å²) in [7, 11) is 0. The molecule has 0 saturated carbocycles. The van der Waals surface area contributed by atoms with Gasteiger partial charge in [0.05, 0.1) is 5.60 Å². The molecule has 0 aliphatic carbocycles. The SMILES string of the molecule is CC(C)(C)OCN1CCC[C@@H](C(=O)OCC(Cl)(Cl)Cl)N1C(=O)OC(C)(C)C. The number of alkyl halides is 3. The molecule has 0 aromatic heterocycles. The van der Waals surface area contributed by atoms with Crippen LogP contribution in [0.1, 0.15) is 54.4 Å². The van der Waals surface area contributed by atoms with Gasteiger partial charge in [-0.15, -0.1) is 0 Å². The fraction of sp³-hybridized carbons (Fsp3) is 0.882. The van der Waals surface area contributed by atoms with Gasteiger partial charge in [-0.25, -0.2) is 14.6 Å². The molecule has 10 heteroatoms. The van der Waals surface area contributed by atoms with Crippen molar-refractivity contribution in [3.8, 4) is 0 Å². The van der Waals surface area contributed by atoms with Crippen molar-refractivity contribution in [3.63, 3.8) is 0 Å². The fourth-order valence-electron chi connectivity index (χ4n) is 2.31. The van der Waals surface area contributed by atoms with Gasteiger partial charge >= 0.3 is 12.1 Å². The topological polar surface area (TPSA) is 68.3 Å². The van der Waals surface area contributed by atoms with Crippen molar-refractivity contribution in [2.24, 2.45) is 0 Å². The zero-order chi connectivity index (χ0) is 21.0. The second-order valence-electron chi connectivity index (χ2n) is 8.32. The zero-order valence-electron chi connectivity index (χ0n) is 16.7. The summed E-state index contributed by atoms with van der Waals surface area (Å²) < 4.78 is 14.6. The Kier molecular flexibility index (Phi) is 8.51. The largest absolute Gasteiger partial charge is 0.460 e. The molecule has 1 aliphatic rings.